The van der Waals surface area contributed by atoms with Gasteiger partial charge in [0.05, 0.1) is 10.7 Å². The quantitative estimate of drug-likeness (QED) is 0.908. The molecule has 1 aromatic carbocycles. The number of halogens is 1. The zero-order valence-electron chi connectivity index (χ0n) is 7.98. The summed E-state index contributed by atoms with van der Waals surface area (Å²) in [5.41, 5.74) is -0.0120. The number of aromatic nitrogens is 2. The lowest BCUT2D eigenvalue weighted by Crippen LogP contribution is -1.95. The van der Waals surface area contributed by atoms with E-state index in [0.717, 1.165) is 4.47 Å². The van der Waals surface area contributed by atoms with Crippen LogP contribution in [0.4, 0.5) is 0 Å². The minimum absolute atomic E-state index is 0.0120. The summed E-state index contributed by atoms with van der Waals surface area (Å²) in [5, 5.41) is 8.68. The van der Waals surface area contributed by atoms with Gasteiger partial charge in [0.2, 0.25) is 0 Å². The molecular formula is C10H7BrN2O3. The van der Waals surface area contributed by atoms with Crippen molar-refractivity contribution in [2.45, 2.75) is 0 Å². The van der Waals surface area contributed by atoms with Gasteiger partial charge >= 0.3 is 5.97 Å². The second-order valence-corrected chi connectivity index (χ2v) is 3.79. The number of carboxylic acids is 1. The number of benzene rings is 1. The van der Waals surface area contributed by atoms with Crippen molar-refractivity contribution in [3.8, 4) is 11.8 Å². The van der Waals surface area contributed by atoms with E-state index in [0.29, 0.717) is 5.75 Å². The van der Waals surface area contributed by atoms with Crippen LogP contribution >= 0.6 is 15.9 Å². The van der Waals surface area contributed by atoms with Crippen molar-refractivity contribution in [1.29, 1.82) is 0 Å². The van der Waals surface area contributed by atoms with E-state index in [9.17, 15) is 4.79 Å². The molecule has 1 aromatic heterocycles. The molecule has 0 amide bonds. The van der Waals surface area contributed by atoms with Gasteiger partial charge in [-0.05, 0) is 28.1 Å². The van der Waals surface area contributed by atoms with Crippen LogP contribution in [0.3, 0.4) is 0 Å². The van der Waals surface area contributed by atoms with E-state index in [1.54, 1.807) is 12.1 Å². The molecular weight excluding hydrogens is 276 g/mol. The van der Waals surface area contributed by atoms with Crippen LogP contribution in [-0.2, 0) is 0 Å². The van der Waals surface area contributed by atoms with Crippen LogP contribution in [0.2, 0.25) is 0 Å². The van der Waals surface area contributed by atoms with Crippen molar-refractivity contribution in [3.63, 3.8) is 0 Å². The molecule has 0 aliphatic carbocycles. The standard InChI is InChI=1S/C10H7BrN2O3/c11-6-3-1-2-4-8(6)16-10-12-5-7(13-10)9(14)15/h1-5H,(H,12,13)(H,14,15). The molecule has 0 aliphatic heterocycles. The maximum Gasteiger partial charge on any atom is 0.354 e. The smallest absolute Gasteiger partial charge is 0.354 e. The number of carbonyl (C=O) groups is 1. The Morgan fingerprint density at radius 2 is 2.19 bits per heavy atom. The second-order valence-electron chi connectivity index (χ2n) is 2.94. The molecule has 1 heterocycles. The highest BCUT2D eigenvalue weighted by Gasteiger charge is 2.09. The Hall–Kier alpha value is -1.82. The summed E-state index contributed by atoms with van der Waals surface area (Å²) >= 11 is 3.31. The lowest BCUT2D eigenvalue weighted by Gasteiger charge is -2.03. The Morgan fingerprint density at radius 1 is 1.44 bits per heavy atom. The van der Waals surface area contributed by atoms with Gasteiger partial charge in [0.1, 0.15) is 11.4 Å². The number of H-pyrrole nitrogens is 1. The number of aromatic amines is 1. The van der Waals surface area contributed by atoms with Gasteiger partial charge in [0.15, 0.2) is 0 Å². The maximum atomic E-state index is 10.6. The third kappa shape index (κ3) is 2.22. The van der Waals surface area contributed by atoms with Crippen LogP contribution in [-0.4, -0.2) is 21.0 Å². The molecule has 82 valence electrons. The summed E-state index contributed by atoms with van der Waals surface area (Å²) in [7, 11) is 0. The largest absolute Gasteiger partial charge is 0.477 e. The molecule has 0 saturated carbocycles. The highest BCUT2D eigenvalue weighted by molar-refractivity contribution is 9.10. The van der Waals surface area contributed by atoms with E-state index >= 15 is 0 Å². The minimum atomic E-state index is -1.07. The molecule has 0 fully saturated rings. The van der Waals surface area contributed by atoms with Crippen LogP contribution < -0.4 is 4.74 Å². The van der Waals surface area contributed by atoms with Gasteiger partial charge in [0.25, 0.3) is 6.01 Å². The third-order valence-corrected chi connectivity index (χ3v) is 2.48. The minimum Gasteiger partial charge on any atom is -0.477 e. The average Bonchev–Trinajstić information content (AvgIpc) is 2.70. The first kappa shape index (κ1) is 10.7. The lowest BCUT2D eigenvalue weighted by atomic mass is 10.3. The molecule has 0 unspecified atom stereocenters. The van der Waals surface area contributed by atoms with Crippen molar-refractivity contribution < 1.29 is 14.6 Å². The van der Waals surface area contributed by atoms with E-state index in [1.165, 1.54) is 6.20 Å². The summed E-state index contributed by atoms with van der Waals surface area (Å²) in [6, 6.07) is 7.36. The van der Waals surface area contributed by atoms with Crippen LogP contribution in [0.5, 0.6) is 11.8 Å². The Bertz CT molecular complexity index is 524. The highest BCUT2D eigenvalue weighted by Crippen LogP contribution is 2.27. The van der Waals surface area contributed by atoms with Gasteiger partial charge in [-0.1, -0.05) is 12.1 Å². The molecule has 5 nitrogen and oxygen atoms in total. The first-order valence-electron chi connectivity index (χ1n) is 4.37. The summed E-state index contributed by atoms with van der Waals surface area (Å²) in [6.45, 7) is 0. The number of ether oxygens (including phenoxy) is 1. The number of hydrogen-bond donors (Lipinski definition) is 2. The number of nitrogens with one attached hydrogen (secondary N) is 1. The molecule has 0 radical (unpaired) electrons. The number of hydrogen-bond acceptors (Lipinski definition) is 3. The van der Waals surface area contributed by atoms with E-state index in [2.05, 4.69) is 25.9 Å². The predicted octanol–water partition coefficient (Wildman–Crippen LogP) is 2.66. The molecule has 0 saturated heterocycles. The van der Waals surface area contributed by atoms with E-state index in [1.807, 2.05) is 12.1 Å². The third-order valence-electron chi connectivity index (χ3n) is 1.83. The first-order chi connectivity index (χ1) is 7.66. The summed E-state index contributed by atoms with van der Waals surface area (Å²) < 4.78 is 6.13. The van der Waals surface area contributed by atoms with Crippen molar-refractivity contribution in [1.82, 2.24) is 9.97 Å². The van der Waals surface area contributed by atoms with Gasteiger partial charge in [-0.2, -0.15) is 0 Å². The number of carboxylic acid groups (broad SMARTS) is 1. The van der Waals surface area contributed by atoms with Gasteiger partial charge in [-0.25, -0.2) is 9.78 Å². The van der Waals surface area contributed by atoms with Crippen molar-refractivity contribution in [2.24, 2.45) is 0 Å². The fourth-order valence-electron chi connectivity index (χ4n) is 1.10. The summed E-state index contributed by atoms with van der Waals surface area (Å²) in [5.74, 6) is -0.511. The zero-order valence-corrected chi connectivity index (χ0v) is 9.56. The Morgan fingerprint density at radius 3 is 2.81 bits per heavy atom. The Kier molecular flexibility index (Phi) is 2.91. The van der Waals surface area contributed by atoms with E-state index < -0.39 is 5.97 Å². The fraction of sp³-hybridized carbons (Fsp3) is 0. The lowest BCUT2D eigenvalue weighted by molar-refractivity contribution is 0.0690. The molecule has 0 bridgehead atoms. The van der Waals surface area contributed by atoms with Gasteiger partial charge in [-0.3, -0.25) is 0 Å². The van der Waals surface area contributed by atoms with Crippen molar-refractivity contribution >= 4 is 21.9 Å². The average molecular weight is 283 g/mol. The number of para-hydroxylation sites is 1. The van der Waals surface area contributed by atoms with Gasteiger partial charge in [-0.15, -0.1) is 0 Å². The molecule has 0 spiro atoms. The Balaban J connectivity index is 2.21. The van der Waals surface area contributed by atoms with Crippen LogP contribution in [0.25, 0.3) is 0 Å². The normalized spacial score (nSPS) is 10.1. The number of rotatable bonds is 3. The zero-order chi connectivity index (χ0) is 11.5. The summed E-state index contributed by atoms with van der Waals surface area (Å²) in [4.78, 5) is 16.9. The molecule has 6 heteroatoms. The number of nitrogens with zero attached hydrogens (tertiary/aromatic N) is 1. The van der Waals surface area contributed by atoms with Crippen LogP contribution in [0.15, 0.2) is 34.9 Å². The second kappa shape index (κ2) is 4.36. The fourth-order valence-corrected chi connectivity index (χ4v) is 1.46. The Labute approximate surface area is 99.2 Å². The number of imidazole rings is 1. The van der Waals surface area contributed by atoms with E-state index in [-0.39, 0.29) is 11.7 Å². The van der Waals surface area contributed by atoms with Gasteiger partial charge < -0.3 is 14.8 Å². The van der Waals surface area contributed by atoms with Crippen molar-refractivity contribution in [2.75, 3.05) is 0 Å². The highest BCUT2D eigenvalue weighted by atomic mass is 79.9. The maximum absolute atomic E-state index is 10.6. The monoisotopic (exact) mass is 282 g/mol. The molecule has 16 heavy (non-hydrogen) atoms. The number of aromatic carboxylic acids is 1. The van der Waals surface area contributed by atoms with Gasteiger partial charge in [0, 0.05) is 0 Å². The SMILES string of the molecule is O=C(O)c1cnc(Oc2ccccc2Br)[nH]1. The first-order valence-corrected chi connectivity index (χ1v) is 5.17. The molecule has 2 aromatic rings. The summed E-state index contributed by atoms with van der Waals surface area (Å²) in [6.07, 6.45) is 1.20. The van der Waals surface area contributed by atoms with Crippen LogP contribution in [0, 0.1) is 0 Å². The predicted molar refractivity (Wildman–Crippen MR) is 59.8 cm³/mol. The molecule has 2 rings (SSSR count). The molecule has 0 aliphatic rings. The van der Waals surface area contributed by atoms with Crippen molar-refractivity contribution in [3.05, 3.63) is 40.6 Å². The molecule has 0 atom stereocenters. The van der Waals surface area contributed by atoms with Crippen LogP contribution in [0.1, 0.15) is 10.5 Å². The molecule has 2 N–H and O–H groups in total. The van der Waals surface area contributed by atoms with E-state index in [4.69, 9.17) is 9.84 Å². The topological polar surface area (TPSA) is 75.2 Å².